The Balaban J connectivity index is 0.00000288. The van der Waals surface area contributed by atoms with Gasteiger partial charge in [0.05, 0.1) is 6.04 Å². The Morgan fingerprint density at radius 2 is 2.00 bits per heavy atom. The van der Waals surface area contributed by atoms with Gasteiger partial charge in [0.15, 0.2) is 0 Å². The fraction of sp³-hybridized carbons (Fsp3) is 0.529. The van der Waals surface area contributed by atoms with Gasteiger partial charge in [-0.1, -0.05) is 12.1 Å². The van der Waals surface area contributed by atoms with Crippen molar-refractivity contribution in [3.63, 3.8) is 0 Å². The number of piperidine rings is 1. The summed E-state index contributed by atoms with van der Waals surface area (Å²) in [5.41, 5.74) is 6.93. The summed E-state index contributed by atoms with van der Waals surface area (Å²) in [6.45, 7) is 4.79. The van der Waals surface area contributed by atoms with E-state index >= 15 is 0 Å². The monoisotopic (exact) mass is 357 g/mol. The molecule has 1 saturated heterocycles. The topological polar surface area (TPSA) is 75.4 Å². The molecule has 0 aliphatic carbocycles. The van der Waals surface area contributed by atoms with Gasteiger partial charge >= 0.3 is 0 Å². The summed E-state index contributed by atoms with van der Waals surface area (Å²) in [5, 5.41) is 2.85. The average molecular weight is 358 g/mol. The van der Waals surface area contributed by atoms with Gasteiger partial charge in [0, 0.05) is 25.6 Å². The lowest BCUT2D eigenvalue weighted by molar-refractivity contribution is -0.136. The molecule has 3 N–H and O–H groups in total. The number of halogens is 2. The van der Waals surface area contributed by atoms with Crippen LogP contribution in [0.1, 0.15) is 30.9 Å². The first-order chi connectivity index (χ1) is 10.9. The summed E-state index contributed by atoms with van der Waals surface area (Å²) in [5.74, 6) is -0.486. The van der Waals surface area contributed by atoms with Crippen molar-refractivity contribution in [3.05, 3.63) is 35.1 Å². The van der Waals surface area contributed by atoms with Crippen molar-refractivity contribution < 1.29 is 14.0 Å². The van der Waals surface area contributed by atoms with Crippen molar-refractivity contribution in [2.45, 2.75) is 39.3 Å². The molecule has 134 valence electrons. The Morgan fingerprint density at radius 1 is 1.38 bits per heavy atom. The molecule has 0 spiro atoms. The second-order valence-corrected chi connectivity index (χ2v) is 6.19. The van der Waals surface area contributed by atoms with Gasteiger partial charge in [-0.25, -0.2) is 4.39 Å². The molecule has 1 aliphatic rings. The first-order valence-electron chi connectivity index (χ1n) is 7.95. The molecule has 1 aliphatic heterocycles. The zero-order valence-corrected chi connectivity index (χ0v) is 14.9. The number of amides is 2. The SMILES string of the molecule is Cc1ccc(CNC(=O)C2CCN(C(=O)C(C)N)CC2)cc1F.Cl. The van der Waals surface area contributed by atoms with Gasteiger partial charge < -0.3 is 16.0 Å². The van der Waals surface area contributed by atoms with Crippen LogP contribution in [0.4, 0.5) is 4.39 Å². The summed E-state index contributed by atoms with van der Waals surface area (Å²) >= 11 is 0. The predicted octanol–water partition coefficient (Wildman–Crippen LogP) is 1.76. The zero-order valence-electron chi connectivity index (χ0n) is 14.0. The van der Waals surface area contributed by atoms with Crippen LogP contribution in [-0.4, -0.2) is 35.8 Å². The Bertz CT molecular complexity index is 587. The lowest BCUT2D eigenvalue weighted by Crippen LogP contribution is -2.47. The molecule has 5 nitrogen and oxygen atoms in total. The maximum absolute atomic E-state index is 13.5. The quantitative estimate of drug-likeness (QED) is 0.862. The van der Waals surface area contributed by atoms with Crippen LogP contribution in [0.2, 0.25) is 0 Å². The molecule has 1 atom stereocenters. The number of carbonyl (C=O) groups is 2. The molecule has 0 radical (unpaired) electrons. The van der Waals surface area contributed by atoms with E-state index in [4.69, 9.17) is 5.73 Å². The highest BCUT2D eigenvalue weighted by Crippen LogP contribution is 2.18. The van der Waals surface area contributed by atoms with Gasteiger partial charge in [-0.05, 0) is 43.9 Å². The fourth-order valence-electron chi connectivity index (χ4n) is 2.73. The molecule has 24 heavy (non-hydrogen) atoms. The Morgan fingerprint density at radius 3 is 2.54 bits per heavy atom. The molecule has 1 aromatic rings. The number of nitrogens with two attached hydrogens (primary N) is 1. The van der Waals surface area contributed by atoms with Gasteiger partial charge in [-0.3, -0.25) is 9.59 Å². The predicted molar refractivity (Wildman–Crippen MR) is 93.2 cm³/mol. The van der Waals surface area contributed by atoms with E-state index in [1.807, 2.05) is 6.07 Å². The molecule has 0 bridgehead atoms. The Hall–Kier alpha value is -1.66. The van der Waals surface area contributed by atoms with E-state index in [1.165, 1.54) is 6.07 Å². The number of nitrogens with one attached hydrogen (secondary N) is 1. The van der Waals surface area contributed by atoms with Crippen molar-refractivity contribution in [2.75, 3.05) is 13.1 Å². The van der Waals surface area contributed by atoms with E-state index in [0.29, 0.717) is 38.0 Å². The summed E-state index contributed by atoms with van der Waals surface area (Å²) in [6.07, 6.45) is 1.26. The summed E-state index contributed by atoms with van der Waals surface area (Å²) in [4.78, 5) is 25.7. The van der Waals surface area contributed by atoms with E-state index in [2.05, 4.69) is 5.32 Å². The minimum atomic E-state index is -0.503. The largest absolute Gasteiger partial charge is 0.352 e. The number of benzene rings is 1. The first kappa shape index (κ1) is 20.4. The summed E-state index contributed by atoms with van der Waals surface area (Å²) in [7, 11) is 0. The third-order valence-corrected chi connectivity index (χ3v) is 4.27. The van der Waals surface area contributed by atoms with E-state index in [1.54, 1.807) is 24.8 Å². The van der Waals surface area contributed by atoms with Gasteiger partial charge in [0.25, 0.3) is 0 Å². The minimum absolute atomic E-state index is 0. The van der Waals surface area contributed by atoms with Gasteiger partial charge in [-0.15, -0.1) is 12.4 Å². The van der Waals surface area contributed by atoms with Crippen LogP contribution >= 0.6 is 12.4 Å². The highest BCUT2D eigenvalue weighted by atomic mass is 35.5. The summed E-state index contributed by atoms with van der Waals surface area (Å²) < 4.78 is 13.5. The third-order valence-electron chi connectivity index (χ3n) is 4.27. The Kier molecular flexibility index (Phi) is 7.63. The molecule has 1 fully saturated rings. The maximum atomic E-state index is 13.5. The lowest BCUT2D eigenvalue weighted by atomic mass is 9.95. The number of carbonyl (C=O) groups excluding carboxylic acids is 2. The van der Waals surface area contributed by atoms with E-state index in [0.717, 1.165) is 5.56 Å². The van der Waals surface area contributed by atoms with Crippen LogP contribution in [0.3, 0.4) is 0 Å². The molecule has 2 rings (SSSR count). The van der Waals surface area contributed by atoms with Crippen molar-refractivity contribution >= 4 is 24.2 Å². The highest BCUT2D eigenvalue weighted by Gasteiger charge is 2.28. The van der Waals surface area contributed by atoms with Crippen molar-refractivity contribution in [2.24, 2.45) is 11.7 Å². The molecule has 7 heteroatoms. The normalized spacial score (nSPS) is 16.2. The number of rotatable bonds is 4. The lowest BCUT2D eigenvalue weighted by Gasteiger charge is -2.32. The first-order valence-corrected chi connectivity index (χ1v) is 7.95. The number of hydrogen-bond donors (Lipinski definition) is 2. The molecule has 0 aromatic heterocycles. The molecular weight excluding hydrogens is 333 g/mol. The molecule has 1 aromatic carbocycles. The smallest absolute Gasteiger partial charge is 0.239 e. The molecular formula is C17H25ClFN3O2. The highest BCUT2D eigenvalue weighted by molar-refractivity contribution is 5.85. The van der Waals surface area contributed by atoms with Gasteiger partial charge in [0.1, 0.15) is 5.82 Å². The second-order valence-electron chi connectivity index (χ2n) is 6.19. The third kappa shape index (κ3) is 5.18. The standard InChI is InChI=1S/C17H24FN3O2.ClH/c1-11-3-4-13(9-15(11)18)10-20-16(22)14-5-7-21(8-6-14)17(23)12(2)19;/h3-4,9,12,14H,5-8,10,19H2,1-2H3,(H,20,22);1H. The van der Waals surface area contributed by atoms with Crippen LogP contribution in [0.5, 0.6) is 0 Å². The van der Waals surface area contributed by atoms with Crippen molar-refractivity contribution in [1.82, 2.24) is 10.2 Å². The molecule has 2 amide bonds. The van der Waals surface area contributed by atoms with Crippen molar-refractivity contribution in [3.8, 4) is 0 Å². The molecule has 0 saturated carbocycles. The fourth-order valence-corrected chi connectivity index (χ4v) is 2.73. The number of aryl methyl sites for hydroxylation is 1. The number of nitrogens with zero attached hydrogens (tertiary/aromatic N) is 1. The Labute approximate surface area is 148 Å². The van der Waals surface area contributed by atoms with Crippen LogP contribution in [0.25, 0.3) is 0 Å². The maximum Gasteiger partial charge on any atom is 0.239 e. The average Bonchev–Trinajstić information content (AvgIpc) is 2.55. The van der Waals surface area contributed by atoms with E-state index in [9.17, 15) is 14.0 Å². The van der Waals surface area contributed by atoms with E-state index in [-0.39, 0.29) is 36.0 Å². The van der Waals surface area contributed by atoms with Gasteiger partial charge in [-0.2, -0.15) is 0 Å². The van der Waals surface area contributed by atoms with Crippen LogP contribution in [0.15, 0.2) is 18.2 Å². The zero-order chi connectivity index (χ0) is 17.0. The number of likely N-dealkylation sites (tertiary alicyclic amines) is 1. The van der Waals surface area contributed by atoms with Crippen LogP contribution in [0, 0.1) is 18.7 Å². The number of hydrogen-bond acceptors (Lipinski definition) is 3. The van der Waals surface area contributed by atoms with Crippen LogP contribution in [-0.2, 0) is 16.1 Å². The minimum Gasteiger partial charge on any atom is -0.352 e. The van der Waals surface area contributed by atoms with Crippen LogP contribution < -0.4 is 11.1 Å². The van der Waals surface area contributed by atoms with Gasteiger partial charge in [0.2, 0.25) is 11.8 Å². The van der Waals surface area contributed by atoms with E-state index < -0.39 is 6.04 Å². The molecule has 1 unspecified atom stereocenters. The molecule has 1 heterocycles. The second kappa shape index (κ2) is 8.99. The van der Waals surface area contributed by atoms with Crippen molar-refractivity contribution in [1.29, 1.82) is 0 Å². The summed E-state index contributed by atoms with van der Waals surface area (Å²) in [6, 6.07) is 4.45.